The highest BCUT2D eigenvalue weighted by atomic mass is 16.4. The van der Waals surface area contributed by atoms with Crippen LogP contribution in [0.1, 0.15) is 12.5 Å². The van der Waals surface area contributed by atoms with Crippen molar-refractivity contribution in [1.29, 1.82) is 0 Å². The van der Waals surface area contributed by atoms with Crippen molar-refractivity contribution in [2.45, 2.75) is 18.5 Å². The lowest BCUT2D eigenvalue weighted by molar-refractivity contribution is -0.143. The SMILES string of the molecule is NC(CC(C(=O)O)n1cnnn1)C(=O)O. The summed E-state index contributed by atoms with van der Waals surface area (Å²) < 4.78 is 0.950. The molecule has 0 aliphatic rings. The van der Waals surface area contributed by atoms with Gasteiger partial charge in [-0.15, -0.1) is 5.10 Å². The third kappa shape index (κ3) is 2.71. The van der Waals surface area contributed by atoms with E-state index < -0.39 is 24.0 Å². The number of nitrogens with two attached hydrogens (primary N) is 1. The number of hydrogen-bond donors (Lipinski definition) is 3. The molecule has 2 atom stereocenters. The van der Waals surface area contributed by atoms with Crippen LogP contribution in [0.2, 0.25) is 0 Å². The largest absolute Gasteiger partial charge is 0.480 e. The van der Waals surface area contributed by atoms with Gasteiger partial charge in [0.2, 0.25) is 0 Å². The number of tetrazole rings is 1. The third-order valence-electron chi connectivity index (χ3n) is 1.76. The summed E-state index contributed by atoms with van der Waals surface area (Å²) >= 11 is 0. The Morgan fingerprint density at radius 2 is 2.07 bits per heavy atom. The van der Waals surface area contributed by atoms with Gasteiger partial charge in [-0.3, -0.25) is 4.79 Å². The van der Waals surface area contributed by atoms with Crippen LogP contribution in [-0.4, -0.2) is 48.4 Å². The monoisotopic (exact) mass is 215 g/mol. The fourth-order valence-electron chi connectivity index (χ4n) is 0.975. The molecule has 0 saturated carbocycles. The molecule has 2 unspecified atom stereocenters. The van der Waals surface area contributed by atoms with E-state index in [0.29, 0.717) is 0 Å². The van der Waals surface area contributed by atoms with E-state index in [0.717, 1.165) is 11.0 Å². The zero-order chi connectivity index (χ0) is 11.4. The van der Waals surface area contributed by atoms with Crippen LogP contribution in [-0.2, 0) is 9.59 Å². The van der Waals surface area contributed by atoms with Crippen molar-refractivity contribution >= 4 is 11.9 Å². The molecule has 1 aromatic heterocycles. The topological polar surface area (TPSA) is 144 Å². The van der Waals surface area contributed by atoms with Crippen molar-refractivity contribution in [3.63, 3.8) is 0 Å². The Morgan fingerprint density at radius 1 is 1.40 bits per heavy atom. The lowest BCUT2D eigenvalue weighted by atomic mass is 10.1. The van der Waals surface area contributed by atoms with Crippen LogP contribution in [0.3, 0.4) is 0 Å². The van der Waals surface area contributed by atoms with Crippen molar-refractivity contribution in [3.8, 4) is 0 Å². The van der Waals surface area contributed by atoms with Crippen LogP contribution in [0.25, 0.3) is 0 Å². The molecular formula is C6H9N5O4. The maximum absolute atomic E-state index is 10.8. The molecule has 0 aliphatic heterocycles. The Bertz CT molecular complexity index is 350. The predicted molar refractivity (Wildman–Crippen MR) is 44.7 cm³/mol. The first kappa shape index (κ1) is 11.0. The minimum Gasteiger partial charge on any atom is -0.480 e. The van der Waals surface area contributed by atoms with Crippen molar-refractivity contribution in [1.82, 2.24) is 20.2 Å². The molecule has 9 nitrogen and oxygen atoms in total. The maximum Gasteiger partial charge on any atom is 0.328 e. The molecule has 0 radical (unpaired) electrons. The van der Waals surface area contributed by atoms with Gasteiger partial charge < -0.3 is 15.9 Å². The number of aliphatic carboxylic acids is 2. The van der Waals surface area contributed by atoms with Crippen molar-refractivity contribution in [3.05, 3.63) is 6.33 Å². The van der Waals surface area contributed by atoms with E-state index in [-0.39, 0.29) is 6.42 Å². The summed E-state index contributed by atoms with van der Waals surface area (Å²) in [4.78, 5) is 21.2. The minimum atomic E-state index is -1.27. The number of nitrogens with zero attached hydrogens (tertiary/aromatic N) is 4. The van der Waals surface area contributed by atoms with E-state index in [1.165, 1.54) is 0 Å². The molecule has 15 heavy (non-hydrogen) atoms. The zero-order valence-corrected chi connectivity index (χ0v) is 7.52. The van der Waals surface area contributed by atoms with Gasteiger partial charge in [-0.05, 0) is 10.4 Å². The molecule has 0 aromatic carbocycles. The summed E-state index contributed by atoms with van der Waals surface area (Å²) in [7, 11) is 0. The molecule has 1 rings (SSSR count). The van der Waals surface area contributed by atoms with E-state index in [1.54, 1.807) is 0 Å². The highest BCUT2D eigenvalue weighted by Gasteiger charge is 2.26. The number of carboxylic acid groups (broad SMARTS) is 2. The summed E-state index contributed by atoms with van der Waals surface area (Å²) in [5.74, 6) is -2.51. The summed E-state index contributed by atoms with van der Waals surface area (Å²) in [6.07, 6.45) is 0.809. The molecule has 1 aromatic rings. The normalized spacial score (nSPS) is 14.5. The first-order valence-electron chi connectivity index (χ1n) is 3.96. The molecule has 0 fully saturated rings. The van der Waals surface area contributed by atoms with Gasteiger partial charge in [-0.25, -0.2) is 9.48 Å². The second kappa shape index (κ2) is 4.46. The number of rotatable bonds is 5. The Hall–Kier alpha value is -2.03. The average molecular weight is 215 g/mol. The summed E-state index contributed by atoms with van der Waals surface area (Å²) in [5.41, 5.74) is 5.22. The van der Waals surface area contributed by atoms with Gasteiger partial charge in [0.15, 0.2) is 6.04 Å². The van der Waals surface area contributed by atoms with Crippen LogP contribution in [0.15, 0.2) is 6.33 Å². The lowest BCUT2D eigenvalue weighted by Gasteiger charge is -2.13. The Kier molecular flexibility index (Phi) is 3.29. The van der Waals surface area contributed by atoms with Gasteiger partial charge in [-0.2, -0.15) is 0 Å². The molecule has 1 heterocycles. The minimum absolute atomic E-state index is 0.282. The van der Waals surface area contributed by atoms with Crippen LogP contribution < -0.4 is 5.73 Å². The van der Waals surface area contributed by atoms with Gasteiger partial charge in [0, 0.05) is 6.42 Å². The standard InChI is InChI=1S/C6H9N5O4/c7-3(5(12)13)1-4(6(14)15)11-2-8-9-10-11/h2-4H,1,7H2,(H,12,13)(H,14,15). The highest BCUT2D eigenvalue weighted by molar-refractivity contribution is 5.76. The summed E-state index contributed by atoms with van der Waals surface area (Å²) in [6.45, 7) is 0. The molecule has 0 saturated heterocycles. The smallest absolute Gasteiger partial charge is 0.328 e. The Morgan fingerprint density at radius 3 is 2.47 bits per heavy atom. The lowest BCUT2D eigenvalue weighted by Crippen LogP contribution is -2.35. The number of aromatic nitrogens is 4. The number of hydrogen-bond acceptors (Lipinski definition) is 6. The third-order valence-corrected chi connectivity index (χ3v) is 1.76. The molecule has 82 valence electrons. The molecule has 0 spiro atoms. The fraction of sp³-hybridized carbons (Fsp3) is 0.500. The van der Waals surface area contributed by atoms with Gasteiger partial charge in [0.25, 0.3) is 0 Å². The zero-order valence-electron chi connectivity index (χ0n) is 7.52. The highest BCUT2D eigenvalue weighted by Crippen LogP contribution is 2.11. The second-order valence-corrected chi connectivity index (χ2v) is 2.82. The van der Waals surface area contributed by atoms with E-state index in [1.807, 2.05) is 0 Å². The van der Waals surface area contributed by atoms with Crippen LogP contribution in [0.4, 0.5) is 0 Å². The van der Waals surface area contributed by atoms with E-state index in [2.05, 4.69) is 15.5 Å². The summed E-state index contributed by atoms with van der Waals surface area (Å²) in [6, 6.07) is -2.44. The molecule has 9 heteroatoms. The number of carbonyl (C=O) groups is 2. The Balaban J connectivity index is 2.77. The quantitative estimate of drug-likeness (QED) is 0.516. The maximum atomic E-state index is 10.8. The van der Waals surface area contributed by atoms with Gasteiger partial charge in [-0.1, -0.05) is 0 Å². The Labute approximate surface area is 83.5 Å². The van der Waals surface area contributed by atoms with Crippen molar-refractivity contribution in [2.24, 2.45) is 5.73 Å². The van der Waals surface area contributed by atoms with E-state index in [9.17, 15) is 9.59 Å². The predicted octanol–water partition coefficient (Wildman–Crippen LogP) is -1.90. The first-order chi connectivity index (χ1) is 7.02. The first-order valence-corrected chi connectivity index (χ1v) is 3.96. The average Bonchev–Trinajstić information content (AvgIpc) is 2.65. The van der Waals surface area contributed by atoms with Crippen LogP contribution >= 0.6 is 0 Å². The van der Waals surface area contributed by atoms with Crippen molar-refractivity contribution < 1.29 is 19.8 Å². The van der Waals surface area contributed by atoms with Gasteiger partial charge in [0.1, 0.15) is 12.4 Å². The molecule has 4 N–H and O–H groups in total. The second-order valence-electron chi connectivity index (χ2n) is 2.82. The summed E-state index contributed by atoms with van der Waals surface area (Å²) in [5, 5.41) is 27.2. The molecular weight excluding hydrogens is 206 g/mol. The molecule has 0 amide bonds. The molecule has 0 bridgehead atoms. The van der Waals surface area contributed by atoms with Gasteiger partial charge in [0.05, 0.1) is 0 Å². The van der Waals surface area contributed by atoms with E-state index in [4.69, 9.17) is 15.9 Å². The molecule has 0 aliphatic carbocycles. The van der Waals surface area contributed by atoms with Crippen LogP contribution in [0, 0.1) is 0 Å². The van der Waals surface area contributed by atoms with Gasteiger partial charge >= 0.3 is 11.9 Å². The van der Waals surface area contributed by atoms with Crippen molar-refractivity contribution in [2.75, 3.05) is 0 Å². The number of carboxylic acids is 2. The van der Waals surface area contributed by atoms with E-state index >= 15 is 0 Å². The fourth-order valence-corrected chi connectivity index (χ4v) is 0.975. The van der Waals surface area contributed by atoms with Crippen LogP contribution in [0.5, 0.6) is 0 Å².